The third kappa shape index (κ3) is 5.47. The second-order valence-corrected chi connectivity index (χ2v) is 6.95. The van der Waals surface area contributed by atoms with Crippen LogP contribution in [0.15, 0.2) is 44.4 Å². The lowest BCUT2D eigenvalue weighted by Gasteiger charge is -2.09. The summed E-state index contributed by atoms with van der Waals surface area (Å²) >= 11 is 6.80. The van der Waals surface area contributed by atoms with E-state index in [2.05, 4.69) is 42.4 Å². The standard InChI is InChI=1S/C18H18Br2N2O4/c1-11-4-5-15(13(19)6-11)26-10-18(23)22-21-9-12-7-14(20)17(25-3)8-16(12)24-2/h4-9H,10H2,1-3H3,(H,22,23). The fourth-order valence-corrected chi connectivity index (χ4v) is 3.19. The monoisotopic (exact) mass is 484 g/mol. The molecule has 8 heteroatoms. The molecule has 0 aliphatic heterocycles. The molecule has 0 bridgehead atoms. The first kappa shape index (κ1) is 20.3. The zero-order valence-corrected chi connectivity index (χ0v) is 17.7. The highest BCUT2D eigenvalue weighted by Crippen LogP contribution is 2.32. The summed E-state index contributed by atoms with van der Waals surface area (Å²) in [4.78, 5) is 11.9. The molecule has 1 N–H and O–H groups in total. The smallest absolute Gasteiger partial charge is 0.277 e. The number of hydrogen-bond acceptors (Lipinski definition) is 5. The van der Waals surface area contributed by atoms with Gasteiger partial charge in [-0.05, 0) is 62.5 Å². The van der Waals surface area contributed by atoms with E-state index in [0.717, 1.165) is 14.5 Å². The van der Waals surface area contributed by atoms with E-state index in [-0.39, 0.29) is 12.5 Å². The molecule has 0 spiro atoms. The van der Waals surface area contributed by atoms with E-state index in [9.17, 15) is 4.79 Å². The first-order chi connectivity index (χ1) is 12.4. The third-order valence-corrected chi connectivity index (χ3v) is 4.58. The molecule has 0 saturated carbocycles. The lowest BCUT2D eigenvalue weighted by atomic mass is 10.2. The number of benzene rings is 2. The van der Waals surface area contributed by atoms with Crippen molar-refractivity contribution in [3.8, 4) is 17.2 Å². The molecule has 0 fully saturated rings. The number of hydrazone groups is 1. The van der Waals surface area contributed by atoms with Crippen LogP contribution < -0.4 is 19.6 Å². The molecular formula is C18H18Br2N2O4. The number of hydrogen-bond donors (Lipinski definition) is 1. The molecule has 138 valence electrons. The van der Waals surface area contributed by atoms with Crippen LogP contribution in [-0.2, 0) is 4.79 Å². The van der Waals surface area contributed by atoms with Gasteiger partial charge in [-0.2, -0.15) is 5.10 Å². The van der Waals surface area contributed by atoms with Gasteiger partial charge in [-0.1, -0.05) is 6.07 Å². The van der Waals surface area contributed by atoms with Crippen LogP contribution in [0.4, 0.5) is 0 Å². The fourth-order valence-electron chi connectivity index (χ4n) is 2.06. The first-order valence-electron chi connectivity index (χ1n) is 7.57. The maximum Gasteiger partial charge on any atom is 0.277 e. The number of rotatable bonds is 7. The Morgan fingerprint density at radius 2 is 1.77 bits per heavy atom. The molecule has 2 aromatic carbocycles. The fraction of sp³-hybridized carbons (Fsp3) is 0.222. The van der Waals surface area contributed by atoms with Gasteiger partial charge in [0.1, 0.15) is 17.2 Å². The van der Waals surface area contributed by atoms with Crippen LogP contribution in [0, 0.1) is 6.92 Å². The Labute approximate surface area is 168 Å². The first-order valence-corrected chi connectivity index (χ1v) is 9.15. The van der Waals surface area contributed by atoms with Crippen molar-refractivity contribution in [3.63, 3.8) is 0 Å². The largest absolute Gasteiger partial charge is 0.496 e. The molecule has 0 heterocycles. The van der Waals surface area contributed by atoms with Gasteiger partial charge < -0.3 is 14.2 Å². The van der Waals surface area contributed by atoms with Crippen LogP contribution in [-0.4, -0.2) is 32.9 Å². The number of nitrogens with one attached hydrogen (secondary N) is 1. The minimum Gasteiger partial charge on any atom is -0.496 e. The van der Waals surface area contributed by atoms with Crippen molar-refractivity contribution >= 4 is 44.0 Å². The van der Waals surface area contributed by atoms with Crippen LogP contribution in [0.25, 0.3) is 0 Å². The van der Waals surface area contributed by atoms with Crippen molar-refractivity contribution in [1.82, 2.24) is 5.43 Å². The Morgan fingerprint density at radius 3 is 2.42 bits per heavy atom. The van der Waals surface area contributed by atoms with E-state index in [1.54, 1.807) is 32.4 Å². The summed E-state index contributed by atoms with van der Waals surface area (Å²) in [6, 6.07) is 9.14. The molecule has 2 aromatic rings. The van der Waals surface area contributed by atoms with Crippen molar-refractivity contribution in [2.45, 2.75) is 6.92 Å². The lowest BCUT2D eigenvalue weighted by Crippen LogP contribution is -2.24. The Kier molecular flexibility index (Phi) is 7.47. The topological polar surface area (TPSA) is 69.2 Å². The molecular weight excluding hydrogens is 468 g/mol. The van der Waals surface area contributed by atoms with Gasteiger partial charge in [-0.3, -0.25) is 4.79 Å². The number of carbonyl (C=O) groups excluding carboxylic acids is 1. The number of ether oxygens (including phenoxy) is 3. The highest BCUT2D eigenvalue weighted by atomic mass is 79.9. The molecule has 0 aliphatic carbocycles. The second kappa shape index (κ2) is 9.59. The van der Waals surface area contributed by atoms with Gasteiger partial charge in [0.05, 0.1) is 29.4 Å². The van der Waals surface area contributed by atoms with Gasteiger partial charge >= 0.3 is 0 Å². The summed E-state index contributed by atoms with van der Waals surface area (Å²) in [6.45, 7) is 1.82. The normalized spacial score (nSPS) is 10.7. The summed E-state index contributed by atoms with van der Waals surface area (Å²) in [5.41, 5.74) is 4.20. The maximum absolute atomic E-state index is 11.9. The van der Waals surface area contributed by atoms with Crippen LogP contribution >= 0.6 is 31.9 Å². The molecule has 0 radical (unpaired) electrons. The molecule has 6 nitrogen and oxygen atoms in total. The number of amides is 1. The zero-order chi connectivity index (χ0) is 19.1. The van der Waals surface area contributed by atoms with E-state index < -0.39 is 0 Å². The highest BCUT2D eigenvalue weighted by Gasteiger charge is 2.09. The number of methoxy groups -OCH3 is 2. The average molecular weight is 486 g/mol. The van der Waals surface area contributed by atoms with Crippen molar-refractivity contribution in [3.05, 3.63) is 50.4 Å². The van der Waals surface area contributed by atoms with Crippen LogP contribution in [0.3, 0.4) is 0 Å². The van der Waals surface area contributed by atoms with E-state index in [1.807, 2.05) is 19.1 Å². The van der Waals surface area contributed by atoms with Crippen molar-refractivity contribution in [2.75, 3.05) is 20.8 Å². The van der Waals surface area contributed by atoms with Gasteiger partial charge in [0.15, 0.2) is 6.61 Å². The van der Waals surface area contributed by atoms with E-state index in [1.165, 1.54) is 6.21 Å². The predicted octanol–water partition coefficient (Wildman–Crippen LogP) is 4.07. The van der Waals surface area contributed by atoms with Crippen LogP contribution in [0.1, 0.15) is 11.1 Å². The Bertz CT molecular complexity index is 825. The number of halogens is 2. The van der Waals surface area contributed by atoms with Crippen molar-refractivity contribution in [1.29, 1.82) is 0 Å². The number of aryl methyl sites for hydroxylation is 1. The minimum atomic E-state index is -0.375. The Morgan fingerprint density at radius 1 is 1.08 bits per heavy atom. The maximum atomic E-state index is 11.9. The Balaban J connectivity index is 1.95. The number of carbonyl (C=O) groups is 1. The molecule has 26 heavy (non-hydrogen) atoms. The van der Waals surface area contributed by atoms with E-state index in [0.29, 0.717) is 22.8 Å². The molecule has 0 saturated heterocycles. The molecule has 0 aliphatic rings. The summed E-state index contributed by atoms with van der Waals surface area (Å²) < 4.78 is 17.5. The zero-order valence-electron chi connectivity index (χ0n) is 14.5. The lowest BCUT2D eigenvalue weighted by molar-refractivity contribution is -0.123. The second-order valence-electron chi connectivity index (χ2n) is 5.24. The Hall–Kier alpha value is -2.06. The summed E-state index contributed by atoms with van der Waals surface area (Å²) in [7, 11) is 3.12. The molecule has 1 amide bonds. The molecule has 0 aromatic heterocycles. The summed E-state index contributed by atoms with van der Waals surface area (Å²) in [6.07, 6.45) is 1.49. The van der Waals surface area contributed by atoms with Gasteiger partial charge in [-0.15, -0.1) is 0 Å². The van der Waals surface area contributed by atoms with E-state index in [4.69, 9.17) is 14.2 Å². The van der Waals surface area contributed by atoms with Crippen molar-refractivity contribution < 1.29 is 19.0 Å². The molecule has 0 atom stereocenters. The average Bonchev–Trinajstić information content (AvgIpc) is 2.61. The van der Waals surface area contributed by atoms with Gasteiger partial charge in [-0.25, -0.2) is 5.43 Å². The minimum absolute atomic E-state index is 0.150. The third-order valence-electron chi connectivity index (χ3n) is 3.34. The number of nitrogens with zero attached hydrogens (tertiary/aromatic N) is 1. The molecule has 0 unspecified atom stereocenters. The van der Waals surface area contributed by atoms with Crippen LogP contribution in [0.2, 0.25) is 0 Å². The quantitative estimate of drug-likeness (QED) is 0.474. The van der Waals surface area contributed by atoms with E-state index >= 15 is 0 Å². The van der Waals surface area contributed by atoms with Crippen molar-refractivity contribution in [2.24, 2.45) is 5.10 Å². The SMILES string of the molecule is COc1cc(OC)c(C=NNC(=O)COc2ccc(C)cc2Br)cc1Br. The van der Waals surface area contributed by atoms with Gasteiger partial charge in [0.2, 0.25) is 0 Å². The summed E-state index contributed by atoms with van der Waals surface area (Å²) in [5.74, 6) is 1.43. The molecule has 2 rings (SSSR count). The van der Waals surface area contributed by atoms with Crippen LogP contribution in [0.5, 0.6) is 17.2 Å². The predicted molar refractivity (Wildman–Crippen MR) is 107 cm³/mol. The summed E-state index contributed by atoms with van der Waals surface area (Å²) in [5, 5.41) is 3.94. The highest BCUT2D eigenvalue weighted by molar-refractivity contribution is 9.10. The van der Waals surface area contributed by atoms with Gasteiger partial charge in [0.25, 0.3) is 5.91 Å². The van der Waals surface area contributed by atoms with Gasteiger partial charge in [0, 0.05) is 11.6 Å².